The Balaban J connectivity index is 1.26. The molecular formula is C40H52N6O6. The van der Waals surface area contributed by atoms with E-state index in [9.17, 15) is 14.4 Å². The molecule has 0 radical (unpaired) electrons. The summed E-state index contributed by atoms with van der Waals surface area (Å²) in [6, 6.07) is 16.2. The number of carbonyl (C=O) groups excluding carboxylic acids is 3. The highest BCUT2D eigenvalue weighted by Crippen LogP contribution is 2.43. The van der Waals surface area contributed by atoms with E-state index in [1.807, 2.05) is 42.2 Å². The fraction of sp³-hybridized carbons (Fsp3) is 0.450. The van der Waals surface area contributed by atoms with E-state index in [0.717, 1.165) is 62.1 Å². The average molecular weight is 713 g/mol. The number of anilines is 1. The molecule has 0 saturated carbocycles. The molecule has 2 heterocycles. The van der Waals surface area contributed by atoms with Crippen LogP contribution >= 0.6 is 0 Å². The Bertz CT molecular complexity index is 1900. The van der Waals surface area contributed by atoms with Gasteiger partial charge in [-0.3, -0.25) is 24.3 Å². The third-order valence-corrected chi connectivity index (χ3v) is 9.09. The Labute approximate surface area is 305 Å². The van der Waals surface area contributed by atoms with Crippen molar-refractivity contribution in [2.75, 3.05) is 90.6 Å². The number of piperazine rings is 1. The number of rotatable bonds is 16. The van der Waals surface area contributed by atoms with Crippen molar-refractivity contribution in [1.82, 2.24) is 20.4 Å². The third kappa shape index (κ3) is 9.75. The molecule has 0 aromatic heterocycles. The molecule has 1 saturated heterocycles. The van der Waals surface area contributed by atoms with Crippen molar-refractivity contribution in [1.29, 1.82) is 0 Å². The first-order valence-electron chi connectivity index (χ1n) is 18.2. The van der Waals surface area contributed by atoms with Gasteiger partial charge in [0.1, 0.15) is 11.3 Å². The molecule has 0 atom stereocenters. The minimum Gasteiger partial charge on any atom is -0.456 e. The normalized spacial score (nSPS) is 13.9. The van der Waals surface area contributed by atoms with E-state index in [0.29, 0.717) is 77.8 Å². The maximum absolute atomic E-state index is 14.3. The standard InChI is InChI=1S/C40H52N6O6/c1-6-41-34-24-36-32(22-27(34)3)39(33-23-28(4)35(42-7-2)25-37(33)52-36)30-10-8-9-11-31(30)40(49)46-16-14-45(15-17-46)26-38(48)44-13-19-51-21-20-50-18-12-43-29(5)47/h8-11,22-25,41H,6-7,12-21,26H2,1-5H3,(H,43,47)(H,44,48)/b42-35+. The Kier molecular flexibility index (Phi) is 13.8. The van der Waals surface area contributed by atoms with Crippen LogP contribution in [0.4, 0.5) is 5.69 Å². The summed E-state index contributed by atoms with van der Waals surface area (Å²) in [4.78, 5) is 46.4. The van der Waals surface area contributed by atoms with Gasteiger partial charge in [0.25, 0.3) is 5.91 Å². The number of carbonyl (C=O) groups is 3. The molecule has 2 aromatic carbocycles. The van der Waals surface area contributed by atoms with Crippen molar-refractivity contribution in [3.05, 3.63) is 70.6 Å². The van der Waals surface area contributed by atoms with Crippen LogP contribution in [-0.2, 0) is 19.1 Å². The van der Waals surface area contributed by atoms with Crippen LogP contribution in [0.15, 0.2) is 57.9 Å². The molecule has 278 valence electrons. The summed E-state index contributed by atoms with van der Waals surface area (Å²) in [5, 5.41) is 10.9. The maximum Gasteiger partial charge on any atom is 0.254 e. The highest BCUT2D eigenvalue weighted by atomic mass is 16.5. The number of fused-ring (bicyclic) bond motifs is 2. The number of hydrogen-bond acceptors (Lipinski definition) is 9. The molecule has 12 heteroatoms. The number of ether oxygens (including phenoxy) is 2. The van der Waals surface area contributed by atoms with Gasteiger partial charge in [0.05, 0.1) is 38.3 Å². The third-order valence-electron chi connectivity index (χ3n) is 9.09. The molecular weight excluding hydrogens is 660 g/mol. The Morgan fingerprint density at radius 1 is 0.846 bits per heavy atom. The zero-order valence-electron chi connectivity index (χ0n) is 31.1. The molecule has 3 N–H and O–H groups in total. The maximum atomic E-state index is 14.3. The second kappa shape index (κ2) is 18.6. The van der Waals surface area contributed by atoms with Crippen molar-refractivity contribution in [2.45, 2.75) is 34.6 Å². The van der Waals surface area contributed by atoms with Gasteiger partial charge in [-0.05, 0) is 62.6 Å². The van der Waals surface area contributed by atoms with Crippen LogP contribution in [0, 0.1) is 13.8 Å². The van der Waals surface area contributed by atoms with Crippen LogP contribution in [0.1, 0.15) is 42.3 Å². The van der Waals surface area contributed by atoms with Crippen LogP contribution < -0.4 is 21.3 Å². The zero-order chi connectivity index (χ0) is 37.0. The summed E-state index contributed by atoms with van der Waals surface area (Å²) in [7, 11) is 0. The second-order valence-electron chi connectivity index (χ2n) is 13.0. The lowest BCUT2D eigenvalue weighted by Gasteiger charge is -2.34. The monoisotopic (exact) mass is 712 g/mol. The smallest absolute Gasteiger partial charge is 0.254 e. The van der Waals surface area contributed by atoms with Gasteiger partial charge in [-0.25, -0.2) is 0 Å². The van der Waals surface area contributed by atoms with Crippen molar-refractivity contribution in [3.8, 4) is 22.5 Å². The first-order valence-corrected chi connectivity index (χ1v) is 18.2. The molecule has 2 aromatic rings. The molecule has 1 fully saturated rings. The first-order chi connectivity index (χ1) is 25.2. The summed E-state index contributed by atoms with van der Waals surface area (Å²) in [5.41, 5.74) is 7.27. The number of nitrogens with zero attached hydrogens (tertiary/aromatic N) is 3. The van der Waals surface area contributed by atoms with Crippen LogP contribution in [0.2, 0.25) is 0 Å². The highest BCUT2D eigenvalue weighted by molar-refractivity contribution is 6.09. The lowest BCUT2D eigenvalue weighted by molar-refractivity contribution is -0.123. The van der Waals surface area contributed by atoms with Gasteiger partial charge in [-0.2, -0.15) is 0 Å². The predicted octanol–water partition coefficient (Wildman–Crippen LogP) is 4.22. The second-order valence-corrected chi connectivity index (χ2v) is 13.0. The van der Waals surface area contributed by atoms with E-state index < -0.39 is 0 Å². The topological polar surface area (TPSA) is 138 Å². The largest absolute Gasteiger partial charge is 0.456 e. The van der Waals surface area contributed by atoms with E-state index in [1.165, 1.54) is 6.92 Å². The van der Waals surface area contributed by atoms with E-state index >= 15 is 0 Å². The number of aryl methyl sites for hydroxylation is 2. The molecule has 12 nitrogen and oxygen atoms in total. The van der Waals surface area contributed by atoms with Gasteiger partial charge in [0, 0.05) is 99.2 Å². The summed E-state index contributed by atoms with van der Waals surface area (Å²) in [6.07, 6.45) is 0. The zero-order valence-corrected chi connectivity index (χ0v) is 31.1. The lowest BCUT2D eigenvalue weighted by Crippen LogP contribution is -2.51. The number of nitrogens with one attached hydrogen (secondary N) is 3. The van der Waals surface area contributed by atoms with Gasteiger partial charge >= 0.3 is 0 Å². The summed E-state index contributed by atoms with van der Waals surface area (Å²) >= 11 is 0. The van der Waals surface area contributed by atoms with Gasteiger partial charge < -0.3 is 34.7 Å². The number of hydrogen-bond donors (Lipinski definition) is 3. The molecule has 0 unspecified atom stereocenters. The minimum atomic E-state index is -0.0852. The summed E-state index contributed by atoms with van der Waals surface area (Å²) in [5.74, 6) is 0.522. The fourth-order valence-electron chi connectivity index (χ4n) is 6.51. The number of benzene rings is 3. The molecule has 52 heavy (non-hydrogen) atoms. The van der Waals surface area contributed by atoms with Gasteiger partial charge in [-0.15, -0.1) is 0 Å². The van der Waals surface area contributed by atoms with Crippen LogP contribution in [0.5, 0.6) is 0 Å². The first kappa shape index (κ1) is 38.5. The van der Waals surface area contributed by atoms with Crippen molar-refractivity contribution in [2.24, 2.45) is 4.99 Å². The fourth-order valence-corrected chi connectivity index (χ4v) is 6.51. The Morgan fingerprint density at radius 3 is 2.25 bits per heavy atom. The van der Waals surface area contributed by atoms with Crippen molar-refractivity contribution < 1.29 is 28.3 Å². The van der Waals surface area contributed by atoms with Gasteiger partial charge in [-0.1, -0.05) is 18.2 Å². The molecule has 0 spiro atoms. The van der Waals surface area contributed by atoms with Crippen molar-refractivity contribution >= 4 is 34.4 Å². The van der Waals surface area contributed by atoms with Crippen LogP contribution in [0.25, 0.3) is 33.4 Å². The molecule has 5 rings (SSSR count). The van der Waals surface area contributed by atoms with Crippen LogP contribution in [-0.4, -0.2) is 113 Å². The molecule has 3 aliphatic rings. The lowest BCUT2D eigenvalue weighted by atomic mass is 9.89. The van der Waals surface area contributed by atoms with Gasteiger partial charge in [0.2, 0.25) is 11.8 Å². The molecule has 2 aliphatic heterocycles. The van der Waals surface area contributed by atoms with Crippen molar-refractivity contribution in [3.63, 3.8) is 0 Å². The minimum absolute atomic E-state index is 0.0339. The Morgan fingerprint density at radius 2 is 1.56 bits per heavy atom. The number of amides is 3. The Hall–Kier alpha value is -4.78. The average Bonchev–Trinajstić information content (AvgIpc) is 3.12. The molecule has 0 bridgehead atoms. The van der Waals surface area contributed by atoms with E-state index in [-0.39, 0.29) is 24.3 Å². The van der Waals surface area contributed by atoms with E-state index in [2.05, 4.69) is 64.8 Å². The molecule has 3 amide bonds. The van der Waals surface area contributed by atoms with Crippen LogP contribution in [0.3, 0.4) is 0 Å². The SMILES string of the molecule is CC/N=c1\cc2oc3cc(NCC)c(C)cc3c(-c3ccccc3C(=O)N3CCN(CC(=O)NCCOCCOCCNC(C)=O)CC3)c-2cc1C. The van der Waals surface area contributed by atoms with Gasteiger partial charge in [0.15, 0.2) is 0 Å². The summed E-state index contributed by atoms with van der Waals surface area (Å²) < 4.78 is 17.5. The van der Waals surface area contributed by atoms with E-state index in [4.69, 9.17) is 13.9 Å². The van der Waals surface area contributed by atoms with E-state index in [1.54, 1.807) is 0 Å². The predicted molar refractivity (Wildman–Crippen MR) is 204 cm³/mol. The summed E-state index contributed by atoms with van der Waals surface area (Å²) in [6.45, 7) is 16.2. The quantitative estimate of drug-likeness (QED) is 0.116. The molecule has 1 aliphatic carbocycles. The highest BCUT2D eigenvalue weighted by Gasteiger charge is 2.27.